The van der Waals surface area contributed by atoms with Gasteiger partial charge in [-0.05, 0) is 37.8 Å². The van der Waals surface area contributed by atoms with Gasteiger partial charge in [-0.3, -0.25) is 9.54 Å². The Morgan fingerprint density at radius 1 is 0.724 bits per heavy atom. The van der Waals surface area contributed by atoms with Crippen molar-refractivity contribution in [2.24, 2.45) is 0 Å². The Morgan fingerprint density at radius 2 is 1.10 bits per heavy atom. The molecule has 1 N–H and O–H groups in total. The lowest BCUT2D eigenvalue weighted by Crippen LogP contribution is -2.33. The highest BCUT2D eigenvalue weighted by Gasteiger charge is 2.41. The summed E-state index contributed by atoms with van der Waals surface area (Å²) in [4.78, 5) is 3.78. The lowest BCUT2D eigenvalue weighted by molar-refractivity contribution is 0.203. The number of alkyl halides is 1. The second kappa shape index (κ2) is 17.8. The van der Waals surface area contributed by atoms with E-state index in [-0.39, 0.29) is 12.8 Å². The van der Waals surface area contributed by atoms with E-state index in [9.17, 15) is 17.4 Å². The molecule has 0 radical (unpaired) electrons. The van der Waals surface area contributed by atoms with Crippen LogP contribution < -0.4 is 0 Å². The Kier molecular flexibility index (Phi) is 17.2. The van der Waals surface area contributed by atoms with Crippen molar-refractivity contribution in [3.05, 3.63) is 30.6 Å². The van der Waals surface area contributed by atoms with Crippen LogP contribution >= 0.6 is 0 Å². The van der Waals surface area contributed by atoms with Gasteiger partial charge >= 0.3 is 0 Å². The lowest BCUT2D eigenvalue weighted by atomic mass is 10.0. The van der Waals surface area contributed by atoms with Crippen LogP contribution in [0.5, 0.6) is 0 Å². The third-order valence-corrected chi connectivity index (χ3v) is 6.42. The first kappa shape index (κ1) is 28.0. The number of unbranched alkanes of at least 4 members (excludes halogenated alkanes) is 11. The number of halogens is 1. The Morgan fingerprint density at radius 3 is 1.41 bits per heavy atom. The topological polar surface area (TPSA) is 67.3 Å². The summed E-state index contributed by atoms with van der Waals surface area (Å²) in [6, 6.07) is 5.72. The molecule has 1 unspecified atom stereocenters. The molecule has 29 heavy (non-hydrogen) atoms. The van der Waals surface area contributed by atoms with E-state index in [4.69, 9.17) is 0 Å². The summed E-state index contributed by atoms with van der Waals surface area (Å²) in [5.41, 5.74) is 0. The minimum Gasteiger partial charge on any atom is -0.283 e. The zero-order chi connectivity index (χ0) is 21.8. The molecule has 0 aliphatic heterocycles. The van der Waals surface area contributed by atoms with Gasteiger partial charge in [0.2, 0.25) is 5.00 Å². The standard InChI is InChI=1S/C18H37FO3S.C5H5N/c1-3-5-7-9-10-11-12-13-15-17-18(19,23(20,21)22)16-14-8-6-4-2;1-2-4-6-5-3-1/h3-17H2,1-2H3,(H,20,21,22);1-5H. The molecule has 0 aliphatic rings. The third-order valence-electron chi connectivity index (χ3n) is 5.09. The molecule has 0 bridgehead atoms. The van der Waals surface area contributed by atoms with Gasteiger partial charge in [0.1, 0.15) is 0 Å². The average Bonchev–Trinajstić information content (AvgIpc) is 2.71. The summed E-state index contributed by atoms with van der Waals surface area (Å²) in [6.45, 7) is 4.24. The van der Waals surface area contributed by atoms with Crippen LogP contribution in [0.3, 0.4) is 0 Å². The molecule has 0 fully saturated rings. The summed E-state index contributed by atoms with van der Waals surface area (Å²) in [5.74, 6) is 0. The summed E-state index contributed by atoms with van der Waals surface area (Å²) in [7, 11) is -4.63. The normalized spacial score (nSPS) is 13.4. The second-order valence-corrected chi connectivity index (χ2v) is 9.45. The van der Waals surface area contributed by atoms with Gasteiger partial charge in [-0.2, -0.15) is 8.42 Å². The second-order valence-electron chi connectivity index (χ2n) is 7.77. The van der Waals surface area contributed by atoms with E-state index in [2.05, 4.69) is 11.9 Å². The Balaban J connectivity index is 0.00000110. The fourth-order valence-corrected chi connectivity index (χ4v) is 4.02. The van der Waals surface area contributed by atoms with Crippen molar-refractivity contribution in [2.45, 2.75) is 115 Å². The molecule has 1 aromatic heterocycles. The monoisotopic (exact) mass is 431 g/mol. The minimum absolute atomic E-state index is 0.0756. The van der Waals surface area contributed by atoms with E-state index < -0.39 is 15.1 Å². The number of hydrogen-bond donors (Lipinski definition) is 1. The van der Waals surface area contributed by atoms with Gasteiger partial charge in [-0.25, -0.2) is 4.39 Å². The maximum Gasteiger partial charge on any atom is 0.300 e. The van der Waals surface area contributed by atoms with Crippen molar-refractivity contribution in [2.75, 3.05) is 0 Å². The van der Waals surface area contributed by atoms with Gasteiger partial charge in [-0.1, -0.05) is 90.5 Å². The zero-order valence-corrected chi connectivity index (χ0v) is 19.3. The Bertz CT molecular complexity index is 542. The fourth-order valence-electron chi connectivity index (χ4n) is 3.21. The molecular weight excluding hydrogens is 389 g/mol. The van der Waals surface area contributed by atoms with Crippen LogP contribution in [0.25, 0.3) is 0 Å². The number of nitrogens with zero attached hydrogens (tertiary/aromatic N) is 1. The summed E-state index contributed by atoms with van der Waals surface area (Å²) in [5, 5.41) is -2.44. The molecule has 0 spiro atoms. The van der Waals surface area contributed by atoms with Crippen LogP contribution in [0.2, 0.25) is 0 Å². The van der Waals surface area contributed by atoms with Gasteiger partial charge < -0.3 is 0 Å². The van der Waals surface area contributed by atoms with E-state index >= 15 is 0 Å². The van der Waals surface area contributed by atoms with Gasteiger partial charge in [0.15, 0.2) is 0 Å². The van der Waals surface area contributed by atoms with Crippen LogP contribution in [-0.2, 0) is 10.1 Å². The van der Waals surface area contributed by atoms with Crippen molar-refractivity contribution in [3.8, 4) is 0 Å². The molecule has 0 saturated heterocycles. The molecular formula is C23H42FNO3S. The third kappa shape index (κ3) is 15.5. The van der Waals surface area contributed by atoms with Crippen LogP contribution in [0.1, 0.15) is 110 Å². The van der Waals surface area contributed by atoms with Crippen molar-refractivity contribution >= 4 is 10.1 Å². The number of hydrogen-bond acceptors (Lipinski definition) is 3. The minimum atomic E-state index is -4.63. The Labute approximate surface area is 178 Å². The van der Waals surface area contributed by atoms with Gasteiger partial charge in [0, 0.05) is 12.4 Å². The van der Waals surface area contributed by atoms with Crippen LogP contribution in [0.4, 0.5) is 4.39 Å². The molecule has 0 aromatic carbocycles. The van der Waals surface area contributed by atoms with Crippen molar-refractivity contribution in [3.63, 3.8) is 0 Å². The highest BCUT2D eigenvalue weighted by Crippen LogP contribution is 2.32. The predicted molar refractivity (Wildman–Crippen MR) is 120 cm³/mol. The molecule has 1 heterocycles. The van der Waals surface area contributed by atoms with Crippen molar-refractivity contribution < 1.29 is 17.4 Å². The summed E-state index contributed by atoms with van der Waals surface area (Å²) in [6.07, 6.45) is 16.4. The lowest BCUT2D eigenvalue weighted by Gasteiger charge is -2.22. The SMILES string of the molecule is CCCCCCCCCCCC(F)(CCCCCC)S(=O)(=O)O.c1ccncc1. The molecule has 1 aromatic rings. The molecule has 4 nitrogen and oxygen atoms in total. The summed E-state index contributed by atoms with van der Waals surface area (Å²) < 4.78 is 46.5. The molecule has 1 rings (SSSR count). The molecule has 1 atom stereocenters. The van der Waals surface area contributed by atoms with Gasteiger partial charge in [-0.15, -0.1) is 0 Å². The molecule has 0 saturated carbocycles. The molecule has 0 aliphatic carbocycles. The number of aromatic nitrogens is 1. The zero-order valence-electron chi connectivity index (χ0n) is 18.5. The highest BCUT2D eigenvalue weighted by molar-refractivity contribution is 7.87. The quantitative estimate of drug-likeness (QED) is 0.217. The van der Waals surface area contributed by atoms with Gasteiger partial charge in [0.05, 0.1) is 0 Å². The first-order valence-corrected chi connectivity index (χ1v) is 12.8. The number of rotatable bonds is 16. The molecule has 0 amide bonds. The van der Waals surface area contributed by atoms with E-state index in [1.165, 1.54) is 32.1 Å². The Hall–Kier alpha value is -1.01. The molecule has 170 valence electrons. The fraction of sp³-hybridized carbons (Fsp3) is 0.783. The molecule has 6 heteroatoms. The van der Waals surface area contributed by atoms with E-state index in [1.54, 1.807) is 12.4 Å². The highest BCUT2D eigenvalue weighted by atomic mass is 32.2. The number of pyridine rings is 1. The van der Waals surface area contributed by atoms with Crippen molar-refractivity contribution in [1.29, 1.82) is 0 Å². The van der Waals surface area contributed by atoms with E-state index in [0.717, 1.165) is 38.5 Å². The van der Waals surface area contributed by atoms with Crippen LogP contribution in [0, 0.1) is 0 Å². The first-order valence-electron chi connectivity index (χ1n) is 11.4. The maximum absolute atomic E-state index is 14.6. The predicted octanol–water partition coefficient (Wildman–Crippen LogP) is 7.51. The smallest absolute Gasteiger partial charge is 0.283 e. The largest absolute Gasteiger partial charge is 0.300 e. The van der Waals surface area contributed by atoms with E-state index in [1.807, 2.05) is 25.1 Å². The summed E-state index contributed by atoms with van der Waals surface area (Å²) >= 11 is 0. The van der Waals surface area contributed by atoms with Gasteiger partial charge in [0.25, 0.3) is 10.1 Å². The van der Waals surface area contributed by atoms with Crippen molar-refractivity contribution in [1.82, 2.24) is 4.98 Å². The van der Waals surface area contributed by atoms with Crippen LogP contribution in [0.15, 0.2) is 30.6 Å². The first-order chi connectivity index (χ1) is 13.9. The average molecular weight is 432 g/mol. The van der Waals surface area contributed by atoms with Crippen LogP contribution in [-0.4, -0.2) is 23.0 Å². The maximum atomic E-state index is 14.6. The van der Waals surface area contributed by atoms with E-state index in [0.29, 0.717) is 12.8 Å².